The fourth-order valence-corrected chi connectivity index (χ4v) is 7.07. The molecule has 1 saturated carbocycles. The minimum atomic E-state index is -0.819. The number of piperidine rings is 1. The summed E-state index contributed by atoms with van der Waals surface area (Å²) < 4.78 is 5.46. The second-order valence-electron chi connectivity index (χ2n) is 12.5. The van der Waals surface area contributed by atoms with Crippen LogP contribution in [0.15, 0.2) is 18.2 Å². The van der Waals surface area contributed by atoms with Crippen LogP contribution in [0, 0.1) is 22.7 Å². The number of aromatic amines is 1. The summed E-state index contributed by atoms with van der Waals surface area (Å²) in [5, 5.41) is 16.9. The first-order valence-corrected chi connectivity index (χ1v) is 14.6. The van der Waals surface area contributed by atoms with Gasteiger partial charge in [0.15, 0.2) is 0 Å². The number of aromatic nitrogens is 1. The molecule has 1 aliphatic carbocycles. The van der Waals surface area contributed by atoms with E-state index in [0.29, 0.717) is 46.8 Å². The quantitative estimate of drug-likeness (QED) is 0.466. The van der Waals surface area contributed by atoms with E-state index in [9.17, 15) is 19.6 Å². The summed E-state index contributed by atoms with van der Waals surface area (Å²) in [6.07, 6.45) is 7.51. The molecular formula is C30H38ClN5O4. The van der Waals surface area contributed by atoms with E-state index in [4.69, 9.17) is 16.3 Å². The molecule has 0 bridgehead atoms. The smallest absolute Gasteiger partial charge is 0.271 e. The molecule has 214 valence electrons. The summed E-state index contributed by atoms with van der Waals surface area (Å²) in [4.78, 5) is 45.1. The second-order valence-corrected chi connectivity index (χ2v) is 12.9. The molecular weight excluding hydrogens is 530 g/mol. The molecule has 0 unspecified atom stereocenters. The van der Waals surface area contributed by atoms with Crippen LogP contribution in [0.1, 0.15) is 82.1 Å². The number of hydrogen-bond donors (Lipinski definition) is 3. The molecule has 40 heavy (non-hydrogen) atoms. The molecule has 0 radical (unpaired) electrons. The Bertz CT molecular complexity index is 1360. The highest BCUT2D eigenvalue weighted by Crippen LogP contribution is 2.47. The number of fused-ring (bicyclic) bond motifs is 1. The van der Waals surface area contributed by atoms with Crippen LogP contribution in [0.2, 0.25) is 5.02 Å². The third-order valence-electron chi connectivity index (χ3n) is 9.08. The van der Waals surface area contributed by atoms with Gasteiger partial charge in [0.25, 0.3) is 5.91 Å². The minimum absolute atomic E-state index is 0.0857. The fraction of sp³-hybridized carbons (Fsp3) is 0.600. The predicted octanol–water partition coefficient (Wildman–Crippen LogP) is 4.70. The summed E-state index contributed by atoms with van der Waals surface area (Å²) in [7, 11) is 1.56. The van der Waals surface area contributed by atoms with E-state index in [2.05, 4.69) is 21.7 Å². The van der Waals surface area contributed by atoms with E-state index < -0.39 is 12.1 Å². The predicted molar refractivity (Wildman–Crippen MR) is 152 cm³/mol. The Morgan fingerprint density at radius 3 is 2.67 bits per heavy atom. The molecule has 3 fully saturated rings. The molecule has 2 aromatic rings. The van der Waals surface area contributed by atoms with Gasteiger partial charge >= 0.3 is 0 Å². The van der Waals surface area contributed by atoms with Gasteiger partial charge in [-0.1, -0.05) is 30.9 Å². The molecule has 2 aliphatic heterocycles. The van der Waals surface area contributed by atoms with Gasteiger partial charge in [-0.3, -0.25) is 14.4 Å². The third-order valence-corrected chi connectivity index (χ3v) is 9.40. The molecule has 3 aliphatic rings. The SMILES string of the molecule is COc1ccc(Cl)c2[nH]c(C(=O)N3CC4(CCCCC4)C[C@H]3C(=O)N[C@H](C#N)C[C@@H]3CCC(C)(C)NC3=O)cc12. The van der Waals surface area contributed by atoms with E-state index in [1.807, 2.05) is 13.8 Å². The van der Waals surface area contributed by atoms with Crippen molar-refractivity contribution < 1.29 is 19.1 Å². The number of hydrogen-bond acceptors (Lipinski definition) is 5. The molecule has 10 heteroatoms. The van der Waals surface area contributed by atoms with E-state index in [1.165, 1.54) is 0 Å². The summed E-state index contributed by atoms with van der Waals surface area (Å²) in [6.45, 7) is 4.45. The Morgan fingerprint density at radius 1 is 1.25 bits per heavy atom. The molecule has 1 aromatic heterocycles. The van der Waals surface area contributed by atoms with Gasteiger partial charge in [0.05, 0.1) is 23.7 Å². The van der Waals surface area contributed by atoms with Crippen LogP contribution in [-0.2, 0) is 9.59 Å². The van der Waals surface area contributed by atoms with Crippen LogP contribution in [0.4, 0.5) is 0 Å². The van der Waals surface area contributed by atoms with Gasteiger partial charge in [-0.2, -0.15) is 5.26 Å². The average molecular weight is 568 g/mol. The minimum Gasteiger partial charge on any atom is -0.496 e. The maximum absolute atomic E-state index is 14.0. The Labute approximate surface area is 239 Å². The van der Waals surface area contributed by atoms with E-state index >= 15 is 0 Å². The molecule has 1 aromatic carbocycles. The van der Waals surface area contributed by atoms with E-state index in [-0.39, 0.29) is 41.0 Å². The number of carbonyl (C=O) groups is 3. The number of amides is 3. The lowest BCUT2D eigenvalue weighted by molar-refractivity contribution is -0.130. The summed E-state index contributed by atoms with van der Waals surface area (Å²) >= 11 is 6.40. The Kier molecular flexibility index (Phi) is 7.75. The van der Waals surface area contributed by atoms with Crippen molar-refractivity contribution in [3.63, 3.8) is 0 Å². The first-order valence-electron chi connectivity index (χ1n) is 14.2. The van der Waals surface area contributed by atoms with Crippen molar-refractivity contribution in [2.45, 2.75) is 89.3 Å². The molecule has 9 nitrogen and oxygen atoms in total. The molecule has 2 saturated heterocycles. The van der Waals surface area contributed by atoms with Gasteiger partial charge in [-0.15, -0.1) is 0 Å². The van der Waals surface area contributed by atoms with Gasteiger partial charge in [0, 0.05) is 23.4 Å². The number of carbonyl (C=O) groups excluding carboxylic acids is 3. The zero-order chi connectivity index (χ0) is 28.7. The van der Waals surface area contributed by atoms with Gasteiger partial charge in [0.2, 0.25) is 11.8 Å². The number of benzene rings is 1. The van der Waals surface area contributed by atoms with Crippen LogP contribution >= 0.6 is 11.6 Å². The molecule has 3 N–H and O–H groups in total. The second kappa shape index (κ2) is 11.0. The lowest BCUT2D eigenvalue weighted by atomic mass is 9.72. The Hall–Kier alpha value is -3.25. The number of likely N-dealkylation sites (tertiary alicyclic amines) is 1. The summed E-state index contributed by atoms with van der Waals surface area (Å²) in [5.74, 6) is -0.446. The topological polar surface area (TPSA) is 127 Å². The van der Waals surface area contributed by atoms with Crippen molar-refractivity contribution in [1.29, 1.82) is 5.26 Å². The molecule has 5 rings (SSSR count). The van der Waals surface area contributed by atoms with Gasteiger partial charge in [0.1, 0.15) is 23.5 Å². The highest BCUT2D eigenvalue weighted by Gasteiger charge is 2.49. The fourth-order valence-electron chi connectivity index (χ4n) is 6.86. The normalized spacial score (nSPS) is 24.4. The number of methoxy groups -OCH3 is 1. The molecule has 3 amide bonds. The number of H-pyrrole nitrogens is 1. The van der Waals surface area contributed by atoms with E-state index in [1.54, 1.807) is 30.2 Å². The average Bonchev–Trinajstić information content (AvgIpc) is 3.53. The first-order chi connectivity index (χ1) is 19.0. The lowest BCUT2D eigenvalue weighted by Gasteiger charge is -2.35. The number of halogens is 1. The highest BCUT2D eigenvalue weighted by molar-refractivity contribution is 6.35. The molecule has 3 heterocycles. The maximum atomic E-state index is 14.0. The number of nitrogens with zero attached hydrogens (tertiary/aromatic N) is 2. The zero-order valence-electron chi connectivity index (χ0n) is 23.4. The number of nitriles is 1. The van der Waals surface area contributed by atoms with Crippen molar-refractivity contribution in [3.8, 4) is 11.8 Å². The van der Waals surface area contributed by atoms with Crippen molar-refractivity contribution >= 4 is 40.2 Å². The van der Waals surface area contributed by atoms with Crippen LogP contribution in [0.5, 0.6) is 5.75 Å². The summed E-state index contributed by atoms with van der Waals surface area (Å²) in [6, 6.07) is 5.85. The van der Waals surface area contributed by atoms with Gasteiger partial charge in [-0.05, 0) is 76.0 Å². The van der Waals surface area contributed by atoms with Gasteiger partial charge < -0.3 is 25.3 Å². The molecule has 3 atom stereocenters. The number of nitrogens with one attached hydrogen (secondary N) is 3. The van der Waals surface area contributed by atoms with E-state index in [0.717, 1.165) is 38.5 Å². The van der Waals surface area contributed by atoms with Gasteiger partial charge in [-0.25, -0.2) is 0 Å². The Balaban J connectivity index is 1.37. The van der Waals surface area contributed by atoms with Crippen LogP contribution in [0.3, 0.4) is 0 Å². The third kappa shape index (κ3) is 5.51. The largest absolute Gasteiger partial charge is 0.496 e. The molecule has 1 spiro atoms. The van der Waals surface area contributed by atoms with Crippen molar-refractivity contribution in [1.82, 2.24) is 20.5 Å². The number of ether oxygens (including phenoxy) is 1. The van der Waals surface area contributed by atoms with Crippen LogP contribution in [-0.4, -0.2) is 58.9 Å². The Morgan fingerprint density at radius 2 is 2.00 bits per heavy atom. The standard InChI is InChI=1S/C30H38ClN5O4/c1-29(2)12-9-18(26(37)35-29)13-19(16-32)33-27(38)23-15-30(10-5-4-6-11-30)17-36(23)28(39)22-14-20-24(40-3)8-7-21(31)25(20)34-22/h7-8,14,18-19,23,34H,4-6,9-13,15,17H2,1-3H3,(H,33,38)(H,35,37)/t18-,19-,23-/m0/s1. The first kappa shape index (κ1) is 28.3. The van der Waals surface area contributed by atoms with Crippen molar-refractivity contribution in [3.05, 3.63) is 28.9 Å². The number of rotatable bonds is 6. The monoisotopic (exact) mass is 567 g/mol. The lowest BCUT2D eigenvalue weighted by Crippen LogP contribution is -2.53. The van der Waals surface area contributed by atoms with Crippen LogP contribution in [0.25, 0.3) is 10.9 Å². The van der Waals surface area contributed by atoms with Crippen molar-refractivity contribution in [2.75, 3.05) is 13.7 Å². The zero-order valence-corrected chi connectivity index (χ0v) is 24.2. The highest BCUT2D eigenvalue weighted by atomic mass is 35.5. The maximum Gasteiger partial charge on any atom is 0.271 e. The summed E-state index contributed by atoms with van der Waals surface area (Å²) in [5.41, 5.74) is 0.559. The van der Waals surface area contributed by atoms with Crippen molar-refractivity contribution in [2.24, 2.45) is 11.3 Å². The van der Waals surface area contributed by atoms with Crippen LogP contribution < -0.4 is 15.4 Å².